The summed E-state index contributed by atoms with van der Waals surface area (Å²) in [6.07, 6.45) is 5.05. The molecule has 2 aliphatic rings. The van der Waals surface area contributed by atoms with Crippen molar-refractivity contribution in [2.24, 2.45) is 11.1 Å². The Morgan fingerprint density at radius 1 is 1.22 bits per heavy atom. The zero-order valence-corrected chi connectivity index (χ0v) is 20.0. The number of hydrogen-bond donors (Lipinski definition) is 4. The van der Waals surface area contributed by atoms with Crippen LogP contribution in [0.5, 0.6) is 0 Å². The number of piperidine rings is 1. The number of aliphatic hydroxyl groups excluding tert-OH is 1. The maximum absolute atomic E-state index is 13.2. The molecule has 1 fully saturated rings. The third kappa shape index (κ3) is 3.63. The summed E-state index contributed by atoms with van der Waals surface area (Å²) in [7, 11) is 0. The SMILES string of the molecule is C=C(c1ccc(CCO)nc1)c1n[nH]c2nc(N3CCC4(CC3)Cc3ccccc3[C@H]4N)[nH]c(=O)c12. The molecular formula is C27H29N7O2. The Balaban J connectivity index is 1.23. The van der Waals surface area contributed by atoms with E-state index < -0.39 is 0 Å². The maximum atomic E-state index is 13.2. The van der Waals surface area contributed by atoms with E-state index in [9.17, 15) is 4.79 Å². The quantitative estimate of drug-likeness (QED) is 0.342. The van der Waals surface area contributed by atoms with Gasteiger partial charge in [0.05, 0.1) is 0 Å². The molecule has 0 saturated carbocycles. The number of anilines is 1. The summed E-state index contributed by atoms with van der Waals surface area (Å²) >= 11 is 0. The van der Waals surface area contributed by atoms with Gasteiger partial charge in [-0.3, -0.25) is 19.9 Å². The van der Waals surface area contributed by atoms with Crippen LogP contribution in [-0.4, -0.2) is 50.0 Å². The summed E-state index contributed by atoms with van der Waals surface area (Å²) in [6.45, 7) is 5.72. The number of fused-ring (bicyclic) bond motifs is 2. The Morgan fingerprint density at radius 3 is 2.75 bits per heavy atom. The molecule has 36 heavy (non-hydrogen) atoms. The monoisotopic (exact) mass is 483 g/mol. The Hall–Kier alpha value is -3.82. The van der Waals surface area contributed by atoms with Gasteiger partial charge >= 0.3 is 0 Å². The number of hydrogen-bond acceptors (Lipinski definition) is 7. The average molecular weight is 484 g/mol. The van der Waals surface area contributed by atoms with Crippen LogP contribution in [0.1, 0.15) is 47.0 Å². The molecule has 1 atom stereocenters. The van der Waals surface area contributed by atoms with Crippen LogP contribution in [0.25, 0.3) is 16.6 Å². The molecule has 0 bridgehead atoms. The van der Waals surface area contributed by atoms with Crippen LogP contribution >= 0.6 is 0 Å². The smallest absolute Gasteiger partial charge is 0.264 e. The lowest BCUT2D eigenvalue weighted by Crippen LogP contribution is -2.45. The lowest BCUT2D eigenvalue weighted by molar-refractivity contribution is 0.187. The van der Waals surface area contributed by atoms with Gasteiger partial charge in [-0.2, -0.15) is 10.1 Å². The zero-order valence-electron chi connectivity index (χ0n) is 20.0. The van der Waals surface area contributed by atoms with Crippen molar-refractivity contribution in [1.29, 1.82) is 0 Å². The molecule has 1 spiro atoms. The topological polar surface area (TPSA) is 137 Å². The standard InChI is InChI=1S/C27H29N7O2/c1-16(18-6-7-19(8-13-35)29-15-18)22-21-24(33-32-22)30-26(31-25(21)36)34-11-9-27(10-12-34)14-17-4-2-3-5-20(17)23(27)28/h2-7,15,23,35H,1,8-14,28H2,(H2,30,31,32,33,36)/t23-/m1/s1. The first-order chi connectivity index (χ1) is 17.5. The van der Waals surface area contributed by atoms with Gasteiger partial charge in [0.25, 0.3) is 5.56 Å². The number of aliphatic hydroxyl groups is 1. The van der Waals surface area contributed by atoms with Crippen LogP contribution in [-0.2, 0) is 12.8 Å². The summed E-state index contributed by atoms with van der Waals surface area (Å²) in [5.74, 6) is 0.544. The Kier molecular flexibility index (Phi) is 5.46. The van der Waals surface area contributed by atoms with Gasteiger partial charge in [-0.05, 0) is 41.9 Å². The number of benzene rings is 1. The molecule has 0 unspecified atom stereocenters. The fourth-order valence-corrected chi connectivity index (χ4v) is 5.77. The van der Waals surface area contributed by atoms with Gasteiger partial charge in [0.15, 0.2) is 5.65 Å². The molecule has 9 nitrogen and oxygen atoms in total. The number of aromatic nitrogens is 5. The second kappa shape index (κ2) is 8.69. The Labute approximate surface area is 208 Å². The predicted molar refractivity (Wildman–Crippen MR) is 139 cm³/mol. The summed E-state index contributed by atoms with van der Waals surface area (Å²) in [5.41, 5.74) is 12.1. The van der Waals surface area contributed by atoms with E-state index in [1.54, 1.807) is 6.20 Å². The van der Waals surface area contributed by atoms with Gasteiger partial charge in [-0.15, -0.1) is 0 Å². The molecule has 4 aromatic rings. The van der Waals surface area contributed by atoms with Crippen LogP contribution in [0.2, 0.25) is 0 Å². The molecule has 1 aliphatic carbocycles. The van der Waals surface area contributed by atoms with Crippen molar-refractivity contribution in [3.05, 3.63) is 87.6 Å². The van der Waals surface area contributed by atoms with Crippen molar-refractivity contribution in [2.45, 2.75) is 31.7 Å². The average Bonchev–Trinajstić information content (AvgIpc) is 3.45. The van der Waals surface area contributed by atoms with E-state index in [0.717, 1.165) is 43.6 Å². The van der Waals surface area contributed by atoms with E-state index in [0.29, 0.717) is 34.7 Å². The molecule has 0 amide bonds. The molecule has 3 aromatic heterocycles. The van der Waals surface area contributed by atoms with Gasteiger partial charge in [-0.25, -0.2) is 0 Å². The Morgan fingerprint density at radius 2 is 2.03 bits per heavy atom. The lowest BCUT2D eigenvalue weighted by atomic mass is 9.73. The number of H-pyrrole nitrogens is 2. The minimum atomic E-state index is -0.255. The highest BCUT2D eigenvalue weighted by molar-refractivity contribution is 5.92. The fraction of sp³-hybridized carbons (Fsp3) is 0.333. The summed E-state index contributed by atoms with van der Waals surface area (Å²) < 4.78 is 0. The van der Waals surface area contributed by atoms with Crippen molar-refractivity contribution >= 4 is 22.6 Å². The van der Waals surface area contributed by atoms with E-state index in [4.69, 9.17) is 15.8 Å². The zero-order chi connectivity index (χ0) is 24.9. The van der Waals surface area contributed by atoms with Crippen LogP contribution in [0.15, 0.2) is 54.0 Å². The molecule has 1 aliphatic heterocycles. The van der Waals surface area contributed by atoms with Crippen LogP contribution in [0.3, 0.4) is 0 Å². The molecule has 4 heterocycles. The normalized spacial score (nSPS) is 18.6. The number of pyridine rings is 1. The lowest BCUT2D eigenvalue weighted by Gasteiger charge is -2.42. The van der Waals surface area contributed by atoms with E-state index in [2.05, 4.69) is 55.9 Å². The molecule has 6 rings (SSSR count). The summed E-state index contributed by atoms with van der Waals surface area (Å²) in [5, 5.41) is 16.7. The second-order valence-electron chi connectivity index (χ2n) is 9.88. The predicted octanol–water partition coefficient (Wildman–Crippen LogP) is 2.48. The van der Waals surface area contributed by atoms with Gasteiger partial charge in [0.1, 0.15) is 11.1 Å². The highest BCUT2D eigenvalue weighted by Crippen LogP contribution is 2.50. The first-order valence-electron chi connectivity index (χ1n) is 12.3. The van der Waals surface area contributed by atoms with Crippen LogP contribution in [0.4, 0.5) is 5.95 Å². The van der Waals surface area contributed by atoms with Gasteiger partial charge < -0.3 is 15.7 Å². The Bertz CT molecular complexity index is 1500. The number of nitrogens with one attached hydrogen (secondary N) is 2. The van der Waals surface area contributed by atoms with Gasteiger partial charge in [-0.1, -0.05) is 36.9 Å². The molecule has 5 N–H and O–H groups in total. The molecular weight excluding hydrogens is 454 g/mol. The number of rotatable bonds is 5. The van der Waals surface area contributed by atoms with Crippen molar-refractivity contribution in [1.82, 2.24) is 25.1 Å². The van der Waals surface area contributed by atoms with Crippen molar-refractivity contribution < 1.29 is 5.11 Å². The highest BCUT2D eigenvalue weighted by Gasteiger charge is 2.46. The molecule has 184 valence electrons. The third-order valence-corrected chi connectivity index (χ3v) is 7.90. The minimum Gasteiger partial charge on any atom is -0.396 e. The molecule has 0 radical (unpaired) electrons. The first kappa shape index (κ1) is 22.6. The van der Waals surface area contributed by atoms with E-state index in [-0.39, 0.29) is 23.6 Å². The van der Waals surface area contributed by atoms with Crippen molar-refractivity contribution in [3.8, 4) is 0 Å². The molecule has 1 saturated heterocycles. The fourth-order valence-electron chi connectivity index (χ4n) is 5.77. The summed E-state index contributed by atoms with van der Waals surface area (Å²) in [6, 6.07) is 12.2. The second-order valence-corrected chi connectivity index (χ2v) is 9.88. The van der Waals surface area contributed by atoms with Crippen LogP contribution < -0.4 is 16.2 Å². The number of nitrogens with zero attached hydrogens (tertiary/aromatic N) is 4. The number of aromatic amines is 2. The van der Waals surface area contributed by atoms with Gasteiger partial charge in [0.2, 0.25) is 5.95 Å². The van der Waals surface area contributed by atoms with Crippen molar-refractivity contribution in [2.75, 3.05) is 24.6 Å². The van der Waals surface area contributed by atoms with Gasteiger partial charge in [0, 0.05) is 55.2 Å². The van der Waals surface area contributed by atoms with E-state index >= 15 is 0 Å². The minimum absolute atomic E-state index is 0.0405. The maximum Gasteiger partial charge on any atom is 0.264 e. The molecule has 9 heteroatoms. The number of nitrogens with two attached hydrogens (primary N) is 1. The third-order valence-electron chi connectivity index (χ3n) is 7.90. The molecule has 1 aromatic carbocycles. The summed E-state index contributed by atoms with van der Waals surface area (Å²) in [4.78, 5) is 27.3. The highest BCUT2D eigenvalue weighted by atomic mass is 16.3. The first-order valence-corrected chi connectivity index (χ1v) is 12.3. The van der Waals surface area contributed by atoms with Crippen LogP contribution in [0, 0.1) is 5.41 Å². The largest absolute Gasteiger partial charge is 0.396 e. The van der Waals surface area contributed by atoms with Crippen molar-refractivity contribution in [3.63, 3.8) is 0 Å². The van der Waals surface area contributed by atoms with E-state index in [1.807, 2.05) is 12.1 Å². The van der Waals surface area contributed by atoms with E-state index in [1.165, 1.54) is 11.1 Å².